The van der Waals surface area contributed by atoms with Crippen LogP contribution >= 0.6 is 11.3 Å². The normalized spacial score (nSPS) is 15.6. The van der Waals surface area contributed by atoms with E-state index in [1.807, 2.05) is 29.3 Å². The van der Waals surface area contributed by atoms with Crippen LogP contribution in [-0.2, 0) is 6.54 Å². The highest BCUT2D eigenvalue weighted by Gasteiger charge is 2.22. The van der Waals surface area contributed by atoms with Crippen molar-refractivity contribution in [2.45, 2.75) is 6.54 Å². The standard InChI is InChI=1S/C16H20N4O2S/c1-22-13-4-2-3-12(9-13)15(21)20-7-5-19(6-8-20)11-14-10-18-16(17)23-14/h2-4,9-10H,5-8,11H2,1H3,(H2,17,18). The minimum atomic E-state index is 0.0607. The van der Waals surface area contributed by atoms with Gasteiger partial charge in [0.15, 0.2) is 5.13 Å². The number of methoxy groups -OCH3 is 1. The lowest BCUT2D eigenvalue weighted by molar-refractivity contribution is 0.0629. The minimum absolute atomic E-state index is 0.0607. The van der Waals surface area contributed by atoms with Gasteiger partial charge >= 0.3 is 0 Å². The third kappa shape index (κ3) is 3.80. The number of thiazole rings is 1. The molecule has 7 heteroatoms. The molecule has 3 rings (SSSR count). The number of anilines is 1. The molecule has 1 aromatic heterocycles. The lowest BCUT2D eigenvalue weighted by Gasteiger charge is -2.34. The van der Waals surface area contributed by atoms with Gasteiger partial charge in [0.2, 0.25) is 0 Å². The molecule has 0 atom stereocenters. The quantitative estimate of drug-likeness (QED) is 0.922. The van der Waals surface area contributed by atoms with Gasteiger partial charge in [0, 0.05) is 49.4 Å². The first-order chi connectivity index (χ1) is 11.2. The summed E-state index contributed by atoms with van der Waals surface area (Å²) in [6.45, 7) is 4.01. The summed E-state index contributed by atoms with van der Waals surface area (Å²) >= 11 is 1.52. The molecule has 0 spiro atoms. The summed E-state index contributed by atoms with van der Waals surface area (Å²) in [5.41, 5.74) is 6.33. The summed E-state index contributed by atoms with van der Waals surface area (Å²) in [5, 5.41) is 0.604. The first-order valence-electron chi connectivity index (χ1n) is 7.51. The molecule has 0 radical (unpaired) electrons. The van der Waals surface area contributed by atoms with Gasteiger partial charge in [-0.2, -0.15) is 0 Å². The van der Waals surface area contributed by atoms with E-state index in [4.69, 9.17) is 10.5 Å². The molecule has 1 aromatic carbocycles. The Kier molecular flexibility index (Phi) is 4.78. The first-order valence-corrected chi connectivity index (χ1v) is 8.33. The topological polar surface area (TPSA) is 71.7 Å². The van der Waals surface area contributed by atoms with E-state index in [0.717, 1.165) is 37.6 Å². The van der Waals surface area contributed by atoms with Crippen LogP contribution in [0.5, 0.6) is 5.75 Å². The van der Waals surface area contributed by atoms with E-state index in [2.05, 4.69) is 9.88 Å². The number of carbonyl (C=O) groups excluding carboxylic acids is 1. The maximum Gasteiger partial charge on any atom is 0.254 e. The highest BCUT2D eigenvalue weighted by Crippen LogP contribution is 2.19. The SMILES string of the molecule is COc1cccc(C(=O)N2CCN(Cc3cnc(N)s3)CC2)c1. The Bertz CT molecular complexity index is 680. The predicted molar refractivity (Wildman–Crippen MR) is 90.7 cm³/mol. The Hall–Kier alpha value is -2.12. The molecule has 1 aliphatic rings. The van der Waals surface area contributed by atoms with Crippen LogP contribution < -0.4 is 10.5 Å². The molecule has 0 saturated carbocycles. The molecule has 1 amide bonds. The summed E-state index contributed by atoms with van der Waals surface area (Å²) < 4.78 is 5.18. The van der Waals surface area contributed by atoms with Gasteiger partial charge in [-0.25, -0.2) is 4.98 Å². The minimum Gasteiger partial charge on any atom is -0.497 e. The molecule has 23 heavy (non-hydrogen) atoms. The predicted octanol–water partition coefficient (Wildman–Crippen LogP) is 1.69. The highest BCUT2D eigenvalue weighted by molar-refractivity contribution is 7.15. The molecule has 122 valence electrons. The van der Waals surface area contributed by atoms with Crippen LogP contribution in [0.2, 0.25) is 0 Å². The van der Waals surface area contributed by atoms with Crippen LogP contribution in [-0.4, -0.2) is 54.0 Å². The van der Waals surface area contributed by atoms with E-state index >= 15 is 0 Å². The van der Waals surface area contributed by atoms with E-state index in [1.165, 1.54) is 11.3 Å². The third-order valence-electron chi connectivity index (χ3n) is 3.93. The largest absolute Gasteiger partial charge is 0.497 e. The number of hydrogen-bond acceptors (Lipinski definition) is 6. The zero-order chi connectivity index (χ0) is 16.2. The van der Waals surface area contributed by atoms with Gasteiger partial charge in [-0.3, -0.25) is 9.69 Å². The van der Waals surface area contributed by atoms with Crippen LogP contribution in [0.15, 0.2) is 30.5 Å². The number of amides is 1. The van der Waals surface area contributed by atoms with Crippen molar-refractivity contribution in [2.75, 3.05) is 39.0 Å². The number of rotatable bonds is 4. The van der Waals surface area contributed by atoms with Crippen molar-refractivity contribution in [2.24, 2.45) is 0 Å². The van der Waals surface area contributed by atoms with Crippen LogP contribution in [0.4, 0.5) is 5.13 Å². The lowest BCUT2D eigenvalue weighted by atomic mass is 10.1. The number of hydrogen-bond donors (Lipinski definition) is 1. The molecular formula is C16H20N4O2S. The summed E-state index contributed by atoms with van der Waals surface area (Å²) in [5.74, 6) is 0.767. The molecule has 0 bridgehead atoms. The van der Waals surface area contributed by atoms with Gasteiger partial charge in [-0.1, -0.05) is 6.07 Å². The average molecular weight is 332 g/mol. The number of nitrogen functional groups attached to an aromatic ring is 1. The number of benzene rings is 1. The average Bonchev–Trinajstić information content (AvgIpc) is 3.00. The fourth-order valence-corrected chi connectivity index (χ4v) is 3.39. The molecule has 0 aliphatic carbocycles. The van der Waals surface area contributed by atoms with E-state index in [1.54, 1.807) is 13.2 Å². The number of carbonyl (C=O) groups is 1. The molecule has 2 N–H and O–H groups in total. The monoisotopic (exact) mass is 332 g/mol. The van der Waals surface area contributed by atoms with Crippen LogP contribution in [0.1, 0.15) is 15.2 Å². The van der Waals surface area contributed by atoms with Crippen molar-refractivity contribution >= 4 is 22.4 Å². The van der Waals surface area contributed by atoms with Crippen molar-refractivity contribution in [3.63, 3.8) is 0 Å². The van der Waals surface area contributed by atoms with Gasteiger partial charge < -0.3 is 15.4 Å². The molecular weight excluding hydrogens is 312 g/mol. The number of piperazine rings is 1. The van der Waals surface area contributed by atoms with E-state index < -0.39 is 0 Å². The molecule has 1 fully saturated rings. The second kappa shape index (κ2) is 6.97. The van der Waals surface area contributed by atoms with Crippen molar-refractivity contribution in [3.8, 4) is 5.75 Å². The molecule has 6 nitrogen and oxygen atoms in total. The Morgan fingerprint density at radius 3 is 2.78 bits per heavy atom. The van der Waals surface area contributed by atoms with Gasteiger partial charge in [0.1, 0.15) is 5.75 Å². The Balaban J connectivity index is 1.56. The van der Waals surface area contributed by atoms with Crippen LogP contribution in [0, 0.1) is 0 Å². The maximum absolute atomic E-state index is 12.6. The Morgan fingerprint density at radius 2 is 2.13 bits per heavy atom. The van der Waals surface area contributed by atoms with Gasteiger partial charge in [0.05, 0.1) is 7.11 Å². The summed E-state index contributed by atoms with van der Waals surface area (Å²) in [6.07, 6.45) is 1.83. The fourth-order valence-electron chi connectivity index (χ4n) is 2.66. The Morgan fingerprint density at radius 1 is 1.35 bits per heavy atom. The molecule has 2 aromatic rings. The molecule has 2 heterocycles. The fraction of sp³-hybridized carbons (Fsp3) is 0.375. The van der Waals surface area contributed by atoms with Gasteiger partial charge in [-0.05, 0) is 18.2 Å². The number of nitrogens with two attached hydrogens (primary N) is 1. The zero-order valence-electron chi connectivity index (χ0n) is 13.1. The highest BCUT2D eigenvalue weighted by atomic mass is 32.1. The number of nitrogens with zero attached hydrogens (tertiary/aromatic N) is 3. The Labute approximate surface area is 139 Å². The number of aromatic nitrogens is 1. The second-order valence-corrected chi connectivity index (χ2v) is 6.61. The van der Waals surface area contributed by atoms with Crippen molar-refractivity contribution < 1.29 is 9.53 Å². The maximum atomic E-state index is 12.6. The van der Waals surface area contributed by atoms with Crippen molar-refractivity contribution in [1.29, 1.82) is 0 Å². The van der Waals surface area contributed by atoms with Crippen molar-refractivity contribution in [1.82, 2.24) is 14.8 Å². The zero-order valence-corrected chi connectivity index (χ0v) is 13.9. The number of ether oxygens (including phenoxy) is 1. The molecule has 1 aliphatic heterocycles. The lowest BCUT2D eigenvalue weighted by Crippen LogP contribution is -2.48. The van der Waals surface area contributed by atoms with Crippen LogP contribution in [0.3, 0.4) is 0 Å². The first kappa shape index (κ1) is 15.8. The van der Waals surface area contributed by atoms with Gasteiger partial charge in [0.25, 0.3) is 5.91 Å². The summed E-state index contributed by atoms with van der Waals surface area (Å²) in [4.78, 5) is 22.0. The van der Waals surface area contributed by atoms with Gasteiger partial charge in [-0.15, -0.1) is 11.3 Å². The second-order valence-electron chi connectivity index (χ2n) is 5.47. The van der Waals surface area contributed by atoms with Crippen LogP contribution in [0.25, 0.3) is 0 Å². The van der Waals surface area contributed by atoms with E-state index in [-0.39, 0.29) is 5.91 Å². The smallest absolute Gasteiger partial charge is 0.254 e. The summed E-state index contributed by atoms with van der Waals surface area (Å²) in [7, 11) is 1.61. The van der Waals surface area contributed by atoms with Crippen molar-refractivity contribution in [3.05, 3.63) is 40.9 Å². The van der Waals surface area contributed by atoms with E-state index in [0.29, 0.717) is 16.4 Å². The molecule has 1 saturated heterocycles. The molecule has 0 unspecified atom stereocenters. The third-order valence-corrected chi connectivity index (χ3v) is 4.74. The van der Waals surface area contributed by atoms with E-state index in [9.17, 15) is 4.79 Å². The summed E-state index contributed by atoms with van der Waals surface area (Å²) in [6, 6.07) is 7.30.